The quantitative estimate of drug-likeness (QED) is 0.123. The molecular formula is C32H39NO15. The highest BCUT2D eigenvalue weighted by Gasteiger charge is 2.40. The number of aromatic hydroxyl groups is 3. The van der Waals surface area contributed by atoms with Crippen molar-refractivity contribution in [1.29, 1.82) is 0 Å². The van der Waals surface area contributed by atoms with Crippen molar-refractivity contribution in [3.8, 4) is 40.2 Å². The Hall–Kier alpha value is -4.39. The van der Waals surface area contributed by atoms with Gasteiger partial charge in [-0.25, -0.2) is 0 Å². The first kappa shape index (κ1) is 36.4. The van der Waals surface area contributed by atoms with Crippen LogP contribution in [0, 0.1) is 0 Å². The molecular weight excluding hydrogens is 638 g/mol. The van der Waals surface area contributed by atoms with Crippen LogP contribution >= 0.6 is 0 Å². The molecule has 0 spiro atoms. The van der Waals surface area contributed by atoms with Crippen molar-refractivity contribution in [2.24, 2.45) is 0 Å². The van der Waals surface area contributed by atoms with Gasteiger partial charge in [-0.2, -0.15) is 0 Å². The molecule has 3 aromatic carbocycles. The van der Waals surface area contributed by atoms with Crippen LogP contribution < -0.4 is 24.3 Å². The molecule has 16 nitrogen and oxygen atoms in total. The summed E-state index contributed by atoms with van der Waals surface area (Å²) in [6, 6.07) is 11.5. The second-order valence-electron chi connectivity index (χ2n) is 11.1. The van der Waals surface area contributed by atoms with Gasteiger partial charge in [0.15, 0.2) is 47.4 Å². The standard InChI is InChI=1S/C25H22O10.C7H17NO5/c1-32-17-6-11(2-4-14(17)28)24-20(10-26)33-16-5-3-12(7-18(16)34-24)25-23(31)22(30)21-15(29)8-13(27)9-19(21)35-25;1-8-2-4(10)6(12)7(13)5(11)3-9/h2-9,20,23-29,31H,10H2,1H3;4-13H,2-3H2,1H3/t20-,23+,24-,25-;4-,5+,6+,7+/m10/s1. The van der Waals surface area contributed by atoms with E-state index >= 15 is 0 Å². The number of rotatable bonds is 10. The molecule has 2 aliphatic rings. The average molecular weight is 678 g/mol. The number of phenols is 3. The zero-order chi connectivity index (χ0) is 35.3. The molecule has 0 saturated heterocycles. The summed E-state index contributed by atoms with van der Waals surface area (Å²) in [7, 11) is 2.99. The average Bonchev–Trinajstić information content (AvgIpc) is 3.08. The predicted octanol–water partition coefficient (Wildman–Crippen LogP) is -0.996. The minimum absolute atomic E-state index is 0.0540. The largest absolute Gasteiger partial charge is 0.508 e. The molecule has 0 aliphatic carbocycles. The minimum atomic E-state index is -1.62. The Morgan fingerprint density at radius 2 is 1.44 bits per heavy atom. The van der Waals surface area contributed by atoms with Crippen molar-refractivity contribution in [2.45, 2.75) is 48.8 Å². The van der Waals surface area contributed by atoms with E-state index in [1.54, 1.807) is 37.4 Å². The van der Waals surface area contributed by atoms with Gasteiger partial charge >= 0.3 is 0 Å². The molecule has 0 radical (unpaired) electrons. The molecule has 0 saturated carbocycles. The molecule has 16 heteroatoms. The highest BCUT2D eigenvalue weighted by molar-refractivity contribution is 6.05. The van der Waals surface area contributed by atoms with Gasteiger partial charge < -0.3 is 75.3 Å². The lowest BCUT2D eigenvalue weighted by atomic mass is 9.92. The number of likely N-dealkylation sites (N-methyl/N-ethyl adjacent to an activating group) is 1. The summed E-state index contributed by atoms with van der Waals surface area (Å²) in [6.45, 7) is -0.918. The summed E-state index contributed by atoms with van der Waals surface area (Å²) < 4.78 is 23.0. The molecule has 11 N–H and O–H groups in total. The van der Waals surface area contributed by atoms with E-state index in [2.05, 4.69) is 5.32 Å². The van der Waals surface area contributed by atoms with Crippen molar-refractivity contribution in [3.63, 3.8) is 0 Å². The molecule has 0 unspecified atom stereocenters. The van der Waals surface area contributed by atoms with Gasteiger partial charge in [-0.1, -0.05) is 12.1 Å². The highest BCUT2D eigenvalue weighted by atomic mass is 16.6. The van der Waals surface area contributed by atoms with E-state index in [0.29, 0.717) is 16.9 Å². The van der Waals surface area contributed by atoms with Gasteiger partial charge in [-0.05, 0) is 36.9 Å². The predicted molar refractivity (Wildman–Crippen MR) is 164 cm³/mol. The van der Waals surface area contributed by atoms with Gasteiger partial charge in [-0.15, -0.1) is 0 Å². The lowest BCUT2D eigenvalue weighted by Gasteiger charge is -2.35. The van der Waals surface area contributed by atoms with Crippen molar-refractivity contribution in [1.82, 2.24) is 5.32 Å². The summed E-state index contributed by atoms with van der Waals surface area (Å²) in [5, 5.41) is 97.7. The van der Waals surface area contributed by atoms with E-state index in [4.69, 9.17) is 39.4 Å². The van der Waals surface area contributed by atoms with Crippen LogP contribution in [0.3, 0.4) is 0 Å². The number of carbonyl (C=O) groups is 1. The number of benzene rings is 3. The first-order valence-corrected chi connectivity index (χ1v) is 14.7. The third kappa shape index (κ3) is 7.67. The minimum Gasteiger partial charge on any atom is -0.508 e. The Morgan fingerprint density at radius 3 is 2.08 bits per heavy atom. The van der Waals surface area contributed by atoms with Crippen LogP contribution in [0.5, 0.6) is 40.2 Å². The third-order valence-electron chi connectivity index (χ3n) is 7.74. The number of hydrogen-bond acceptors (Lipinski definition) is 16. The number of phenolic OH excluding ortho intramolecular Hbond substituents is 3. The molecule has 262 valence electrons. The number of methoxy groups -OCH3 is 1. The summed E-state index contributed by atoms with van der Waals surface area (Å²) in [4.78, 5) is 12.7. The van der Waals surface area contributed by atoms with Crippen LogP contribution in [-0.4, -0.2) is 127 Å². The van der Waals surface area contributed by atoms with Gasteiger partial charge in [0.25, 0.3) is 0 Å². The van der Waals surface area contributed by atoms with E-state index < -0.39 is 67.0 Å². The maximum Gasteiger partial charge on any atom is 0.202 e. The Labute approximate surface area is 274 Å². The Morgan fingerprint density at radius 1 is 0.792 bits per heavy atom. The van der Waals surface area contributed by atoms with Crippen LogP contribution in [-0.2, 0) is 0 Å². The van der Waals surface area contributed by atoms with Crippen molar-refractivity contribution < 1.29 is 74.8 Å². The summed E-state index contributed by atoms with van der Waals surface area (Å²) in [6.07, 6.45) is -9.93. The maximum atomic E-state index is 12.7. The van der Waals surface area contributed by atoms with E-state index in [1.165, 1.54) is 19.2 Å². The topological polar surface area (TPSA) is 268 Å². The Balaban J connectivity index is 0.000000341. The van der Waals surface area contributed by atoms with Crippen molar-refractivity contribution in [3.05, 3.63) is 65.2 Å². The molecule has 2 heterocycles. The Bertz CT molecular complexity index is 1570. The fourth-order valence-corrected chi connectivity index (χ4v) is 5.17. The lowest BCUT2D eigenvalue weighted by molar-refractivity contribution is -0.113. The van der Waals surface area contributed by atoms with Crippen LogP contribution in [0.1, 0.15) is 33.7 Å². The zero-order valence-electron chi connectivity index (χ0n) is 25.9. The second kappa shape index (κ2) is 15.7. The van der Waals surface area contributed by atoms with Crippen molar-refractivity contribution >= 4 is 5.78 Å². The number of ether oxygens (including phenoxy) is 4. The number of fused-ring (bicyclic) bond motifs is 2. The fourth-order valence-electron chi connectivity index (χ4n) is 5.17. The third-order valence-corrected chi connectivity index (χ3v) is 7.74. The van der Waals surface area contributed by atoms with Gasteiger partial charge in [0, 0.05) is 24.2 Å². The SMILES string of the molecule is CNC[C@H](O)[C@@H](O)[C@H](O)[C@H](O)CO.COc1cc([C@H]2Oc3cc([C@H]4Oc5cc(O)cc(O)c5C(=O)[C@@H]4O)ccc3O[C@@H]2CO)ccc1O. The van der Waals surface area contributed by atoms with Crippen molar-refractivity contribution in [2.75, 3.05) is 33.9 Å². The van der Waals surface area contributed by atoms with Crippen LogP contribution in [0.4, 0.5) is 0 Å². The molecule has 3 aromatic rings. The van der Waals surface area contributed by atoms with Crippen LogP contribution in [0.15, 0.2) is 48.5 Å². The molecule has 0 aromatic heterocycles. The van der Waals surface area contributed by atoms with Gasteiger partial charge in [-0.3, -0.25) is 4.79 Å². The van der Waals surface area contributed by atoms with Gasteiger partial charge in [0.05, 0.1) is 26.4 Å². The zero-order valence-corrected chi connectivity index (χ0v) is 25.9. The normalized spacial score (nSPS) is 22.2. The van der Waals surface area contributed by atoms with E-state index in [0.717, 1.165) is 6.07 Å². The van der Waals surface area contributed by atoms with E-state index in [1.807, 2.05) is 0 Å². The van der Waals surface area contributed by atoms with E-state index in [9.17, 15) is 35.4 Å². The monoisotopic (exact) mass is 677 g/mol. The number of carbonyl (C=O) groups excluding carboxylic acids is 1. The maximum absolute atomic E-state index is 12.7. The molecule has 48 heavy (non-hydrogen) atoms. The molecule has 5 rings (SSSR count). The van der Waals surface area contributed by atoms with Crippen LogP contribution in [0.25, 0.3) is 0 Å². The molecule has 0 bridgehead atoms. The summed E-state index contributed by atoms with van der Waals surface area (Å²) >= 11 is 0. The number of nitrogens with one attached hydrogen (secondary N) is 1. The van der Waals surface area contributed by atoms with Gasteiger partial charge in [0.2, 0.25) is 5.78 Å². The second-order valence-corrected chi connectivity index (χ2v) is 11.1. The number of hydrogen-bond donors (Lipinski definition) is 11. The highest BCUT2D eigenvalue weighted by Crippen LogP contribution is 2.45. The first-order valence-electron chi connectivity index (χ1n) is 14.7. The smallest absolute Gasteiger partial charge is 0.202 e. The van der Waals surface area contributed by atoms with Crippen LogP contribution in [0.2, 0.25) is 0 Å². The fraction of sp³-hybridized carbons (Fsp3) is 0.406. The summed E-state index contributed by atoms with van der Waals surface area (Å²) in [5.74, 6) is -0.823. The molecule has 0 amide bonds. The molecule has 8 atom stereocenters. The summed E-state index contributed by atoms with van der Waals surface area (Å²) in [5.41, 5.74) is 0.751. The number of aliphatic hydroxyl groups excluding tert-OH is 7. The van der Waals surface area contributed by atoms with Gasteiger partial charge in [0.1, 0.15) is 41.1 Å². The number of ketones is 1. The lowest BCUT2D eigenvalue weighted by Crippen LogP contribution is -2.48. The molecule has 0 fully saturated rings. The molecule has 2 aliphatic heterocycles. The number of aliphatic hydroxyl groups is 7. The Kier molecular flexibility index (Phi) is 11.9. The number of Topliss-reactive ketones (excluding diaryl/α,β-unsaturated/α-hetero) is 1. The first-order chi connectivity index (χ1) is 22.8. The van der Waals surface area contributed by atoms with E-state index in [-0.39, 0.29) is 47.5 Å².